The maximum atomic E-state index is 12.5. The average molecular weight is 350 g/mol. The Morgan fingerprint density at radius 2 is 2.15 bits per heavy atom. The van der Waals surface area contributed by atoms with Crippen molar-refractivity contribution in [1.82, 2.24) is 9.88 Å². The molecule has 2 atom stereocenters. The lowest BCUT2D eigenvalue weighted by molar-refractivity contribution is -0.132. The van der Waals surface area contributed by atoms with E-state index in [-0.39, 0.29) is 11.9 Å². The Morgan fingerprint density at radius 1 is 1.35 bits per heavy atom. The number of ether oxygens (including phenoxy) is 1. The van der Waals surface area contributed by atoms with Gasteiger partial charge in [-0.15, -0.1) is 0 Å². The number of nitrogens with zero attached hydrogens (tertiary/aromatic N) is 3. The summed E-state index contributed by atoms with van der Waals surface area (Å²) >= 11 is 0. The monoisotopic (exact) mass is 350 g/mol. The van der Waals surface area contributed by atoms with Gasteiger partial charge in [-0.2, -0.15) is 5.26 Å². The van der Waals surface area contributed by atoms with Gasteiger partial charge in [0, 0.05) is 12.7 Å². The fourth-order valence-electron chi connectivity index (χ4n) is 3.08. The van der Waals surface area contributed by atoms with Crippen LogP contribution in [0.2, 0.25) is 0 Å². The summed E-state index contributed by atoms with van der Waals surface area (Å²) in [7, 11) is 0. The minimum atomic E-state index is -0.635. The molecule has 6 nitrogen and oxygen atoms in total. The topological polar surface area (TPSA) is 92.2 Å². The molecular weight excluding hydrogens is 328 g/mol. The van der Waals surface area contributed by atoms with Gasteiger partial charge in [0.05, 0.1) is 17.8 Å². The highest BCUT2D eigenvalue weighted by molar-refractivity contribution is 5.82. The maximum Gasteiger partial charge on any atom is 0.240 e. The summed E-state index contributed by atoms with van der Waals surface area (Å²) < 4.78 is 5.70. The highest BCUT2D eigenvalue weighted by Gasteiger charge is 2.31. The van der Waals surface area contributed by atoms with Crippen LogP contribution < -0.4 is 10.5 Å². The van der Waals surface area contributed by atoms with Gasteiger partial charge in [0.2, 0.25) is 5.91 Å². The Bertz CT molecular complexity index is 771. The van der Waals surface area contributed by atoms with Gasteiger partial charge in [-0.3, -0.25) is 9.78 Å². The number of nitrogens with two attached hydrogens (primary N) is 1. The Morgan fingerprint density at radius 3 is 2.85 bits per heavy atom. The summed E-state index contributed by atoms with van der Waals surface area (Å²) in [5, 5.41) is 9.12. The Balaban J connectivity index is 1.53. The molecule has 0 spiro atoms. The van der Waals surface area contributed by atoms with Crippen molar-refractivity contribution in [3.8, 4) is 11.8 Å². The lowest BCUT2D eigenvalue weighted by atomic mass is 10.1. The molecule has 134 valence electrons. The number of pyridine rings is 1. The Kier molecular flexibility index (Phi) is 5.82. The first kappa shape index (κ1) is 17.9. The van der Waals surface area contributed by atoms with E-state index in [1.807, 2.05) is 42.5 Å². The van der Waals surface area contributed by atoms with Crippen LogP contribution in [0.5, 0.6) is 5.75 Å². The lowest BCUT2D eigenvalue weighted by Crippen LogP contribution is -2.46. The molecule has 0 bridgehead atoms. The van der Waals surface area contributed by atoms with Gasteiger partial charge in [0.15, 0.2) is 0 Å². The molecule has 6 heteroatoms. The zero-order valence-electron chi connectivity index (χ0n) is 14.5. The van der Waals surface area contributed by atoms with Crippen molar-refractivity contribution in [3.05, 3.63) is 59.9 Å². The summed E-state index contributed by atoms with van der Waals surface area (Å²) in [4.78, 5) is 18.3. The summed E-state index contributed by atoms with van der Waals surface area (Å²) in [6, 6.07) is 14.4. The van der Waals surface area contributed by atoms with Crippen LogP contribution in [0.1, 0.15) is 24.1 Å². The normalized spacial score (nSPS) is 17.5. The number of amides is 1. The van der Waals surface area contributed by atoms with Crippen LogP contribution in [-0.2, 0) is 17.8 Å². The van der Waals surface area contributed by atoms with E-state index in [4.69, 9.17) is 15.7 Å². The molecule has 1 aliphatic rings. The zero-order valence-corrected chi connectivity index (χ0v) is 14.5. The predicted octanol–water partition coefficient (Wildman–Crippen LogP) is 2.04. The third-order valence-electron chi connectivity index (χ3n) is 4.49. The maximum absolute atomic E-state index is 12.5. The van der Waals surface area contributed by atoms with E-state index in [1.54, 1.807) is 11.1 Å². The molecule has 0 unspecified atom stereocenters. The van der Waals surface area contributed by atoms with Gasteiger partial charge >= 0.3 is 0 Å². The Labute approximate surface area is 153 Å². The van der Waals surface area contributed by atoms with Crippen molar-refractivity contribution in [2.24, 2.45) is 5.73 Å². The van der Waals surface area contributed by atoms with Crippen LogP contribution in [0.3, 0.4) is 0 Å². The minimum absolute atomic E-state index is 0.149. The number of rotatable bonds is 6. The van der Waals surface area contributed by atoms with E-state index in [1.165, 1.54) is 0 Å². The van der Waals surface area contributed by atoms with Gasteiger partial charge in [-0.1, -0.05) is 18.2 Å². The van der Waals surface area contributed by atoms with Crippen LogP contribution in [0.4, 0.5) is 0 Å². The van der Waals surface area contributed by atoms with Gasteiger partial charge in [0.1, 0.15) is 18.4 Å². The number of hydrogen-bond donors (Lipinski definition) is 1. The third-order valence-corrected chi connectivity index (χ3v) is 4.49. The second-order valence-electron chi connectivity index (χ2n) is 6.38. The van der Waals surface area contributed by atoms with Crippen molar-refractivity contribution >= 4 is 5.91 Å². The van der Waals surface area contributed by atoms with Crippen molar-refractivity contribution < 1.29 is 9.53 Å². The number of hydrogen-bond acceptors (Lipinski definition) is 5. The van der Waals surface area contributed by atoms with E-state index in [0.717, 1.165) is 29.8 Å². The van der Waals surface area contributed by atoms with Gasteiger partial charge < -0.3 is 15.4 Å². The number of aromatic nitrogens is 1. The SMILES string of the molecule is N#C[C@@H]1CCCN1C(=O)[C@@H](N)Cc1ccc(OCc2ccccn2)cc1. The molecule has 1 aliphatic heterocycles. The fraction of sp³-hybridized carbons (Fsp3) is 0.350. The first-order valence-corrected chi connectivity index (χ1v) is 8.74. The van der Waals surface area contributed by atoms with E-state index in [0.29, 0.717) is 19.6 Å². The van der Waals surface area contributed by atoms with Crippen LogP contribution in [-0.4, -0.2) is 34.4 Å². The number of carbonyl (C=O) groups is 1. The van der Waals surface area contributed by atoms with Crippen LogP contribution in [0.25, 0.3) is 0 Å². The third kappa shape index (κ3) is 4.38. The van der Waals surface area contributed by atoms with Gasteiger partial charge in [-0.25, -0.2) is 0 Å². The van der Waals surface area contributed by atoms with E-state index >= 15 is 0 Å². The van der Waals surface area contributed by atoms with E-state index in [9.17, 15) is 4.79 Å². The zero-order chi connectivity index (χ0) is 18.4. The van der Waals surface area contributed by atoms with Crippen molar-refractivity contribution in [3.63, 3.8) is 0 Å². The van der Waals surface area contributed by atoms with E-state index in [2.05, 4.69) is 11.1 Å². The molecule has 0 radical (unpaired) electrons. The highest BCUT2D eigenvalue weighted by atomic mass is 16.5. The summed E-state index contributed by atoms with van der Waals surface area (Å²) in [6.45, 7) is 1.02. The number of benzene rings is 1. The highest BCUT2D eigenvalue weighted by Crippen LogP contribution is 2.19. The van der Waals surface area contributed by atoms with Gasteiger partial charge in [-0.05, 0) is 49.1 Å². The van der Waals surface area contributed by atoms with Crippen molar-refractivity contribution in [1.29, 1.82) is 5.26 Å². The second kappa shape index (κ2) is 8.45. The first-order valence-electron chi connectivity index (χ1n) is 8.74. The molecule has 0 aliphatic carbocycles. The molecule has 1 fully saturated rings. The number of nitriles is 1. The lowest BCUT2D eigenvalue weighted by Gasteiger charge is -2.23. The number of likely N-dealkylation sites (tertiary alicyclic amines) is 1. The molecule has 1 saturated heterocycles. The number of carbonyl (C=O) groups excluding carboxylic acids is 1. The molecule has 2 heterocycles. The van der Waals surface area contributed by atoms with Gasteiger partial charge in [0.25, 0.3) is 0 Å². The summed E-state index contributed by atoms with van der Waals surface area (Å²) in [6.07, 6.45) is 3.77. The molecule has 1 amide bonds. The fourth-order valence-corrected chi connectivity index (χ4v) is 3.08. The quantitative estimate of drug-likeness (QED) is 0.861. The molecule has 0 saturated carbocycles. The average Bonchev–Trinajstić information content (AvgIpc) is 3.16. The second-order valence-corrected chi connectivity index (χ2v) is 6.38. The molecule has 2 aromatic rings. The largest absolute Gasteiger partial charge is 0.487 e. The summed E-state index contributed by atoms with van der Waals surface area (Å²) in [5.41, 5.74) is 7.90. The molecular formula is C20H22N4O2. The van der Waals surface area contributed by atoms with Crippen LogP contribution in [0, 0.1) is 11.3 Å². The van der Waals surface area contributed by atoms with Crippen LogP contribution >= 0.6 is 0 Å². The minimum Gasteiger partial charge on any atom is -0.487 e. The standard InChI is InChI=1S/C20H22N4O2/c21-13-17-5-3-11-24(17)20(25)19(22)12-15-6-8-18(9-7-15)26-14-16-4-1-2-10-23-16/h1-2,4,6-10,17,19H,3,5,11-12,14,22H2/t17-,19-/m0/s1. The molecule has 2 N–H and O–H groups in total. The summed E-state index contributed by atoms with van der Waals surface area (Å²) in [5.74, 6) is 0.591. The molecule has 1 aromatic carbocycles. The van der Waals surface area contributed by atoms with Crippen LogP contribution in [0.15, 0.2) is 48.7 Å². The predicted molar refractivity (Wildman–Crippen MR) is 97.0 cm³/mol. The smallest absolute Gasteiger partial charge is 0.240 e. The molecule has 26 heavy (non-hydrogen) atoms. The van der Waals surface area contributed by atoms with E-state index < -0.39 is 6.04 Å². The Hall–Kier alpha value is -2.91. The molecule has 1 aromatic heterocycles. The van der Waals surface area contributed by atoms with Crippen molar-refractivity contribution in [2.45, 2.75) is 38.0 Å². The molecule has 3 rings (SSSR count). The van der Waals surface area contributed by atoms with Crippen molar-refractivity contribution in [2.75, 3.05) is 6.54 Å². The first-order chi connectivity index (χ1) is 12.7.